The van der Waals surface area contributed by atoms with Gasteiger partial charge in [-0.15, -0.1) is 0 Å². The lowest BCUT2D eigenvalue weighted by molar-refractivity contribution is -0.129. The first-order chi connectivity index (χ1) is 16.0. The number of carbonyl (C=O) groups excluding carboxylic acids is 2. The summed E-state index contributed by atoms with van der Waals surface area (Å²) in [5.74, 6) is 0.201. The van der Waals surface area contributed by atoms with Crippen molar-refractivity contribution in [3.8, 4) is 23.0 Å². The predicted octanol–water partition coefficient (Wildman–Crippen LogP) is 3.87. The summed E-state index contributed by atoms with van der Waals surface area (Å²) in [6, 6.07) is 13.0. The average molecular weight is 449 g/mol. The summed E-state index contributed by atoms with van der Waals surface area (Å²) in [5.41, 5.74) is 0.943. The van der Waals surface area contributed by atoms with Crippen molar-refractivity contribution in [3.63, 3.8) is 0 Å². The van der Waals surface area contributed by atoms with E-state index in [1.54, 1.807) is 42.5 Å². The van der Waals surface area contributed by atoms with E-state index in [9.17, 15) is 9.59 Å². The number of ether oxygens (including phenoxy) is 5. The zero-order valence-electron chi connectivity index (χ0n) is 18.0. The molecule has 0 N–H and O–H groups in total. The third-order valence-corrected chi connectivity index (χ3v) is 4.67. The molecule has 168 valence electrons. The van der Waals surface area contributed by atoms with E-state index in [4.69, 9.17) is 28.1 Å². The van der Waals surface area contributed by atoms with Gasteiger partial charge in [0.25, 0.3) is 0 Å². The minimum atomic E-state index is -0.665. The third-order valence-electron chi connectivity index (χ3n) is 4.67. The predicted molar refractivity (Wildman–Crippen MR) is 117 cm³/mol. The lowest BCUT2D eigenvalue weighted by atomic mass is 10.1. The molecule has 0 spiro atoms. The van der Waals surface area contributed by atoms with Crippen molar-refractivity contribution < 1.29 is 37.7 Å². The van der Waals surface area contributed by atoms with Gasteiger partial charge in [0, 0.05) is 11.1 Å². The normalized spacial score (nSPS) is 14.0. The molecule has 0 bridgehead atoms. The maximum absolute atomic E-state index is 12.5. The molecule has 4 rings (SSSR count). The van der Waals surface area contributed by atoms with Crippen LogP contribution < -0.4 is 18.9 Å². The summed E-state index contributed by atoms with van der Waals surface area (Å²) < 4.78 is 31.8. The minimum Gasteiger partial charge on any atom is -0.493 e. The first-order valence-electron chi connectivity index (χ1n) is 9.71. The molecular weight excluding hydrogens is 430 g/mol. The van der Waals surface area contributed by atoms with Crippen LogP contribution in [0.25, 0.3) is 6.08 Å². The quantitative estimate of drug-likeness (QED) is 0.304. The Morgan fingerprint density at radius 2 is 1.67 bits per heavy atom. The molecule has 0 radical (unpaired) electrons. The summed E-state index contributed by atoms with van der Waals surface area (Å²) in [4.78, 5) is 29.1. The van der Waals surface area contributed by atoms with Gasteiger partial charge in [0.05, 0.1) is 27.6 Å². The minimum absolute atomic E-state index is 0.0280. The van der Waals surface area contributed by atoms with Gasteiger partial charge < -0.3 is 28.1 Å². The van der Waals surface area contributed by atoms with E-state index in [-0.39, 0.29) is 23.1 Å². The summed E-state index contributed by atoms with van der Waals surface area (Å²) >= 11 is 0. The molecule has 2 heterocycles. The van der Waals surface area contributed by atoms with Crippen LogP contribution in [0.5, 0.6) is 23.0 Å². The fraction of sp³-hybridized carbons (Fsp3) is 0.125. The average Bonchev–Trinajstić information content (AvgIpc) is 3.50. The molecule has 9 heteroatoms. The zero-order chi connectivity index (χ0) is 23.4. The molecule has 0 unspecified atom stereocenters. The van der Waals surface area contributed by atoms with Gasteiger partial charge in [0.1, 0.15) is 5.75 Å². The Kier molecular flexibility index (Phi) is 6.12. The molecule has 9 nitrogen and oxygen atoms in total. The SMILES string of the molecule is COc1cc(C2=NC(=Cc3ccccc3OC(=O)c3ccco3)C(=O)O2)cc(OC)c1OC. The summed E-state index contributed by atoms with van der Waals surface area (Å²) in [6.45, 7) is 0. The molecule has 0 saturated carbocycles. The number of hydrogen-bond donors (Lipinski definition) is 0. The van der Waals surface area contributed by atoms with Gasteiger partial charge in [0.15, 0.2) is 17.2 Å². The van der Waals surface area contributed by atoms with Gasteiger partial charge in [-0.1, -0.05) is 18.2 Å². The number of carbonyl (C=O) groups is 2. The standard InChI is InChI=1S/C24H19NO8/c1-28-19-12-15(13-20(29-2)21(19)30-3)22-25-16(23(26)33-22)11-14-7-4-5-8-17(14)32-24(27)18-9-6-10-31-18/h4-13H,1-3H3. The fourth-order valence-corrected chi connectivity index (χ4v) is 3.12. The number of esters is 2. The molecule has 1 aliphatic rings. The Balaban J connectivity index is 1.67. The van der Waals surface area contributed by atoms with E-state index in [0.29, 0.717) is 28.4 Å². The molecule has 3 aromatic rings. The number of benzene rings is 2. The second-order valence-electron chi connectivity index (χ2n) is 6.65. The number of rotatable bonds is 7. The van der Waals surface area contributed by atoms with Crippen LogP contribution in [0.3, 0.4) is 0 Å². The van der Waals surface area contributed by atoms with Crippen LogP contribution in [-0.4, -0.2) is 39.2 Å². The molecule has 0 saturated heterocycles. The van der Waals surface area contributed by atoms with Crippen molar-refractivity contribution in [1.82, 2.24) is 0 Å². The smallest absolute Gasteiger partial charge is 0.379 e. The van der Waals surface area contributed by atoms with E-state index >= 15 is 0 Å². The number of aliphatic imine (C=N–C) groups is 1. The van der Waals surface area contributed by atoms with E-state index in [1.165, 1.54) is 39.7 Å². The number of para-hydroxylation sites is 1. The largest absolute Gasteiger partial charge is 0.493 e. The van der Waals surface area contributed by atoms with E-state index in [2.05, 4.69) is 4.99 Å². The van der Waals surface area contributed by atoms with Gasteiger partial charge in [-0.3, -0.25) is 0 Å². The molecule has 0 aliphatic carbocycles. The molecule has 1 aromatic heterocycles. The third kappa shape index (κ3) is 4.42. The Morgan fingerprint density at radius 1 is 0.939 bits per heavy atom. The molecule has 33 heavy (non-hydrogen) atoms. The van der Waals surface area contributed by atoms with Crippen LogP contribution in [0, 0.1) is 0 Å². The van der Waals surface area contributed by atoms with Gasteiger partial charge in [-0.25, -0.2) is 14.6 Å². The number of methoxy groups -OCH3 is 3. The van der Waals surface area contributed by atoms with Gasteiger partial charge in [-0.2, -0.15) is 0 Å². The number of furan rings is 1. The molecular formula is C24H19NO8. The summed E-state index contributed by atoms with van der Waals surface area (Å²) in [7, 11) is 4.45. The number of cyclic esters (lactones) is 1. The Bertz CT molecular complexity index is 1230. The molecule has 0 fully saturated rings. The van der Waals surface area contributed by atoms with E-state index in [1.807, 2.05) is 0 Å². The number of nitrogens with zero attached hydrogens (tertiary/aromatic N) is 1. The van der Waals surface area contributed by atoms with Crippen LogP contribution in [0.2, 0.25) is 0 Å². The lowest BCUT2D eigenvalue weighted by Crippen LogP contribution is -2.08. The zero-order valence-corrected chi connectivity index (χ0v) is 18.0. The highest BCUT2D eigenvalue weighted by Crippen LogP contribution is 2.39. The highest BCUT2D eigenvalue weighted by atomic mass is 16.6. The van der Waals surface area contributed by atoms with E-state index in [0.717, 1.165) is 0 Å². The first kappa shape index (κ1) is 21.7. The topological polar surface area (TPSA) is 106 Å². The molecule has 1 aliphatic heterocycles. The molecule has 2 aromatic carbocycles. The highest BCUT2D eigenvalue weighted by molar-refractivity contribution is 6.13. The Morgan fingerprint density at radius 3 is 2.30 bits per heavy atom. The van der Waals surface area contributed by atoms with Crippen molar-refractivity contribution in [1.29, 1.82) is 0 Å². The second-order valence-corrected chi connectivity index (χ2v) is 6.65. The van der Waals surface area contributed by atoms with Gasteiger partial charge in [-0.05, 0) is 36.4 Å². The van der Waals surface area contributed by atoms with Crippen molar-refractivity contribution in [2.45, 2.75) is 0 Å². The van der Waals surface area contributed by atoms with Crippen LogP contribution >= 0.6 is 0 Å². The number of hydrogen-bond acceptors (Lipinski definition) is 9. The second kappa shape index (κ2) is 9.31. The fourth-order valence-electron chi connectivity index (χ4n) is 3.12. The van der Waals surface area contributed by atoms with Crippen molar-refractivity contribution in [3.05, 3.63) is 77.4 Å². The van der Waals surface area contributed by atoms with Crippen molar-refractivity contribution in [2.75, 3.05) is 21.3 Å². The van der Waals surface area contributed by atoms with Crippen LogP contribution in [0.1, 0.15) is 21.7 Å². The highest BCUT2D eigenvalue weighted by Gasteiger charge is 2.27. The maximum atomic E-state index is 12.5. The Hall–Kier alpha value is -4.53. The lowest BCUT2D eigenvalue weighted by Gasteiger charge is -2.13. The monoisotopic (exact) mass is 449 g/mol. The Labute approximate surface area is 188 Å². The van der Waals surface area contributed by atoms with Crippen LogP contribution in [0.15, 0.2) is 69.9 Å². The molecule has 0 amide bonds. The van der Waals surface area contributed by atoms with Gasteiger partial charge in [0.2, 0.25) is 17.4 Å². The van der Waals surface area contributed by atoms with Crippen LogP contribution in [-0.2, 0) is 9.53 Å². The van der Waals surface area contributed by atoms with Crippen LogP contribution in [0.4, 0.5) is 0 Å². The van der Waals surface area contributed by atoms with Gasteiger partial charge >= 0.3 is 11.9 Å². The summed E-state index contributed by atoms with van der Waals surface area (Å²) in [5, 5.41) is 0. The van der Waals surface area contributed by atoms with Crippen molar-refractivity contribution in [2.24, 2.45) is 4.99 Å². The first-order valence-corrected chi connectivity index (χ1v) is 9.71. The van der Waals surface area contributed by atoms with Crippen molar-refractivity contribution >= 4 is 23.9 Å². The van der Waals surface area contributed by atoms with E-state index < -0.39 is 11.9 Å². The molecule has 0 atom stereocenters. The maximum Gasteiger partial charge on any atom is 0.379 e. The summed E-state index contributed by atoms with van der Waals surface area (Å²) in [6.07, 6.45) is 2.84.